The molecule has 0 unspecified atom stereocenters. The molecule has 1 aliphatic rings. The lowest BCUT2D eigenvalue weighted by Crippen LogP contribution is -2.29. The van der Waals surface area contributed by atoms with Crippen LogP contribution in [-0.4, -0.2) is 38.9 Å². The first-order chi connectivity index (χ1) is 11.6. The van der Waals surface area contributed by atoms with Crippen molar-refractivity contribution in [2.24, 2.45) is 0 Å². The fraction of sp³-hybridized carbons (Fsp3) is 0.278. The Bertz CT molecular complexity index is 787. The number of para-hydroxylation sites is 1. The minimum atomic E-state index is -0.280. The van der Waals surface area contributed by atoms with E-state index in [0.29, 0.717) is 24.5 Å². The van der Waals surface area contributed by atoms with Crippen LogP contribution in [0.2, 0.25) is 0 Å². The molecule has 3 rings (SSSR count). The van der Waals surface area contributed by atoms with E-state index in [1.165, 1.54) is 7.11 Å². The number of anilines is 1. The Morgan fingerprint density at radius 2 is 1.71 bits per heavy atom. The zero-order valence-electron chi connectivity index (χ0n) is 13.8. The first kappa shape index (κ1) is 16.0. The molecule has 0 bridgehead atoms. The van der Waals surface area contributed by atoms with Crippen molar-refractivity contribution in [3.8, 4) is 23.0 Å². The number of benzene rings is 2. The maximum atomic E-state index is 12.9. The lowest BCUT2D eigenvalue weighted by atomic mass is 10.1. The summed E-state index contributed by atoms with van der Waals surface area (Å²) in [7, 11) is 4.58. The van der Waals surface area contributed by atoms with E-state index < -0.39 is 0 Å². The minimum absolute atomic E-state index is 0.154. The number of phenolic OH excluding ortho intramolecular Hbond substituents is 1. The van der Waals surface area contributed by atoms with E-state index in [1.807, 2.05) is 6.07 Å². The van der Waals surface area contributed by atoms with Crippen LogP contribution in [0, 0.1) is 0 Å². The van der Waals surface area contributed by atoms with E-state index in [4.69, 9.17) is 14.2 Å². The van der Waals surface area contributed by atoms with E-state index in [-0.39, 0.29) is 23.0 Å². The SMILES string of the molecule is COc1cc2c(cc1OC)N(C(=O)c1cccc(OC)c1O)CC2. The summed E-state index contributed by atoms with van der Waals surface area (Å²) in [4.78, 5) is 14.5. The summed E-state index contributed by atoms with van der Waals surface area (Å²) in [6.07, 6.45) is 0.714. The van der Waals surface area contributed by atoms with Crippen molar-refractivity contribution in [2.75, 3.05) is 32.8 Å². The molecule has 0 saturated heterocycles. The van der Waals surface area contributed by atoms with Crippen molar-refractivity contribution in [1.29, 1.82) is 0 Å². The number of nitrogens with zero attached hydrogens (tertiary/aromatic N) is 1. The third-order valence-electron chi connectivity index (χ3n) is 4.17. The molecule has 0 radical (unpaired) electrons. The third-order valence-corrected chi connectivity index (χ3v) is 4.17. The second-order valence-electron chi connectivity index (χ2n) is 5.40. The molecule has 126 valence electrons. The van der Waals surface area contributed by atoms with Crippen LogP contribution in [0.4, 0.5) is 5.69 Å². The molecular formula is C18H19NO5. The van der Waals surface area contributed by atoms with Crippen LogP contribution in [0.1, 0.15) is 15.9 Å². The van der Waals surface area contributed by atoms with Crippen LogP contribution in [0.25, 0.3) is 0 Å². The van der Waals surface area contributed by atoms with Crippen molar-refractivity contribution < 1.29 is 24.1 Å². The van der Waals surface area contributed by atoms with Gasteiger partial charge in [0.25, 0.3) is 5.91 Å². The van der Waals surface area contributed by atoms with Gasteiger partial charge in [-0.2, -0.15) is 0 Å². The summed E-state index contributed by atoms with van der Waals surface area (Å²) in [5.74, 6) is 1.03. The van der Waals surface area contributed by atoms with Gasteiger partial charge in [0, 0.05) is 12.6 Å². The summed E-state index contributed by atoms with van der Waals surface area (Å²) in [5, 5.41) is 10.2. The van der Waals surface area contributed by atoms with Gasteiger partial charge in [-0.3, -0.25) is 4.79 Å². The number of methoxy groups -OCH3 is 3. The Morgan fingerprint density at radius 3 is 2.38 bits per heavy atom. The summed E-state index contributed by atoms with van der Waals surface area (Å²) < 4.78 is 15.7. The number of fused-ring (bicyclic) bond motifs is 1. The second kappa shape index (κ2) is 6.31. The molecule has 0 fully saturated rings. The fourth-order valence-corrected chi connectivity index (χ4v) is 2.93. The fourth-order valence-electron chi connectivity index (χ4n) is 2.93. The van der Waals surface area contributed by atoms with E-state index >= 15 is 0 Å². The molecule has 1 N–H and O–H groups in total. The molecule has 0 spiro atoms. The van der Waals surface area contributed by atoms with Crippen molar-refractivity contribution in [3.05, 3.63) is 41.5 Å². The minimum Gasteiger partial charge on any atom is -0.504 e. The number of carbonyl (C=O) groups excluding carboxylic acids is 1. The Hall–Kier alpha value is -2.89. The van der Waals surface area contributed by atoms with E-state index in [1.54, 1.807) is 43.4 Å². The zero-order valence-corrected chi connectivity index (χ0v) is 13.8. The summed E-state index contributed by atoms with van der Waals surface area (Å²) in [6.45, 7) is 0.529. The first-order valence-corrected chi connectivity index (χ1v) is 7.53. The molecule has 0 aromatic heterocycles. The molecule has 2 aromatic carbocycles. The standard InChI is InChI=1S/C18H19NO5/c1-22-14-6-4-5-12(17(14)20)18(21)19-8-7-11-9-15(23-2)16(24-3)10-13(11)19/h4-6,9-10,20H,7-8H2,1-3H3. The Labute approximate surface area is 140 Å². The number of hydrogen-bond donors (Lipinski definition) is 1. The maximum absolute atomic E-state index is 12.9. The van der Waals surface area contributed by atoms with Crippen molar-refractivity contribution in [3.63, 3.8) is 0 Å². The number of rotatable bonds is 4. The molecule has 0 saturated carbocycles. The molecular weight excluding hydrogens is 310 g/mol. The van der Waals surface area contributed by atoms with Crippen LogP contribution < -0.4 is 19.1 Å². The average molecular weight is 329 g/mol. The molecule has 0 atom stereocenters. The van der Waals surface area contributed by atoms with Crippen LogP contribution in [0.15, 0.2) is 30.3 Å². The molecule has 24 heavy (non-hydrogen) atoms. The summed E-state index contributed by atoms with van der Waals surface area (Å²) >= 11 is 0. The largest absolute Gasteiger partial charge is 0.504 e. The molecule has 0 aliphatic carbocycles. The van der Waals surface area contributed by atoms with Crippen molar-refractivity contribution in [1.82, 2.24) is 0 Å². The van der Waals surface area contributed by atoms with Gasteiger partial charge < -0.3 is 24.2 Å². The van der Waals surface area contributed by atoms with Crippen LogP contribution in [-0.2, 0) is 6.42 Å². The highest BCUT2D eigenvalue weighted by Crippen LogP contribution is 2.40. The second-order valence-corrected chi connectivity index (χ2v) is 5.40. The number of ether oxygens (including phenoxy) is 3. The average Bonchev–Trinajstić information content (AvgIpc) is 3.02. The van der Waals surface area contributed by atoms with Gasteiger partial charge in [0.15, 0.2) is 23.0 Å². The van der Waals surface area contributed by atoms with Crippen molar-refractivity contribution >= 4 is 11.6 Å². The van der Waals surface area contributed by atoms with Crippen LogP contribution in [0.5, 0.6) is 23.0 Å². The first-order valence-electron chi connectivity index (χ1n) is 7.53. The monoisotopic (exact) mass is 329 g/mol. The van der Waals surface area contributed by atoms with Crippen molar-refractivity contribution in [2.45, 2.75) is 6.42 Å². The Kier molecular flexibility index (Phi) is 4.20. The van der Waals surface area contributed by atoms with Gasteiger partial charge in [0.05, 0.1) is 32.6 Å². The van der Waals surface area contributed by atoms with Gasteiger partial charge in [-0.25, -0.2) is 0 Å². The number of amides is 1. The summed E-state index contributed by atoms with van der Waals surface area (Å²) in [6, 6.07) is 8.54. The highest BCUT2D eigenvalue weighted by molar-refractivity contribution is 6.09. The van der Waals surface area contributed by atoms with Gasteiger partial charge in [0.1, 0.15) is 0 Å². The zero-order chi connectivity index (χ0) is 17.3. The number of hydrogen-bond acceptors (Lipinski definition) is 5. The van der Waals surface area contributed by atoms with Gasteiger partial charge >= 0.3 is 0 Å². The highest BCUT2D eigenvalue weighted by Gasteiger charge is 2.29. The van der Waals surface area contributed by atoms with Crippen LogP contribution >= 0.6 is 0 Å². The van der Waals surface area contributed by atoms with Gasteiger partial charge in [-0.05, 0) is 30.2 Å². The quantitative estimate of drug-likeness (QED) is 0.934. The molecule has 1 amide bonds. The lowest BCUT2D eigenvalue weighted by molar-refractivity contribution is 0.0986. The predicted octanol–water partition coefficient (Wildman–Crippen LogP) is 2.62. The molecule has 6 nitrogen and oxygen atoms in total. The lowest BCUT2D eigenvalue weighted by Gasteiger charge is -2.20. The maximum Gasteiger partial charge on any atom is 0.262 e. The van der Waals surface area contributed by atoms with E-state index in [9.17, 15) is 9.90 Å². The Balaban J connectivity index is 2.01. The van der Waals surface area contributed by atoms with E-state index in [0.717, 1.165) is 11.3 Å². The Morgan fingerprint density at radius 1 is 1.04 bits per heavy atom. The predicted molar refractivity (Wildman–Crippen MR) is 89.6 cm³/mol. The molecule has 2 aromatic rings. The highest BCUT2D eigenvalue weighted by atomic mass is 16.5. The smallest absolute Gasteiger partial charge is 0.262 e. The van der Waals surface area contributed by atoms with Gasteiger partial charge in [-0.1, -0.05) is 6.07 Å². The van der Waals surface area contributed by atoms with Gasteiger partial charge in [-0.15, -0.1) is 0 Å². The molecule has 1 aliphatic heterocycles. The number of carbonyl (C=O) groups is 1. The molecule has 6 heteroatoms. The summed E-state index contributed by atoms with van der Waals surface area (Å²) in [5.41, 5.74) is 1.97. The topological polar surface area (TPSA) is 68.2 Å². The van der Waals surface area contributed by atoms with E-state index in [2.05, 4.69) is 0 Å². The van der Waals surface area contributed by atoms with Crippen LogP contribution in [0.3, 0.4) is 0 Å². The molecule has 1 heterocycles. The van der Waals surface area contributed by atoms with Gasteiger partial charge in [0.2, 0.25) is 0 Å². The normalized spacial score (nSPS) is 12.7. The third kappa shape index (κ3) is 2.50. The number of aromatic hydroxyl groups is 1. The number of phenols is 1.